The summed E-state index contributed by atoms with van der Waals surface area (Å²) in [5.41, 5.74) is 0.898. The van der Waals surface area contributed by atoms with E-state index in [0.29, 0.717) is 18.9 Å². The van der Waals surface area contributed by atoms with Crippen molar-refractivity contribution in [2.75, 3.05) is 32.8 Å². The Hall–Kier alpha value is -1.26. The largest absolute Gasteiger partial charge is 0.504 e. The van der Waals surface area contributed by atoms with Crippen molar-refractivity contribution in [3.8, 4) is 11.5 Å². The van der Waals surface area contributed by atoms with Crippen LogP contribution < -0.4 is 10.1 Å². The molecule has 1 saturated heterocycles. The molecule has 4 heteroatoms. The number of benzene rings is 1. The summed E-state index contributed by atoms with van der Waals surface area (Å²) in [7, 11) is 0. The fourth-order valence-corrected chi connectivity index (χ4v) is 2.63. The first-order chi connectivity index (χ1) is 9.81. The van der Waals surface area contributed by atoms with Gasteiger partial charge in [0.1, 0.15) is 0 Å². The van der Waals surface area contributed by atoms with E-state index in [1.54, 1.807) is 6.07 Å². The fraction of sp³-hybridized carbons (Fsp3) is 0.625. The Morgan fingerprint density at radius 3 is 2.80 bits per heavy atom. The van der Waals surface area contributed by atoms with Gasteiger partial charge in [0.15, 0.2) is 11.5 Å². The molecule has 2 rings (SSSR count). The van der Waals surface area contributed by atoms with Crippen LogP contribution in [0.25, 0.3) is 0 Å². The van der Waals surface area contributed by atoms with Crippen LogP contribution in [0.4, 0.5) is 0 Å². The summed E-state index contributed by atoms with van der Waals surface area (Å²) in [6.45, 7) is 7.67. The average Bonchev–Trinajstić information content (AvgIpc) is 2.48. The maximum Gasteiger partial charge on any atom is 0.162 e. The number of phenolic OH excluding ortho intramolecular Hbond substituents is 1. The van der Waals surface area contributed by atoms with Crippen LogP contribution in [0.5, 0.6) is 11.5 Å². The molecule has 0 saturated carbocycles. The van der Waals surface area contributed by atoms with Crippen LogP contribution in [0.2, 0.25) is 0 Å². The molecule has 0 bridgehead atoms. The summed E-state index contributed by atoms with van der Waals surface area (Å²) in [4.78, 5) is 2.51. The maximum atomic E-state index is 10.1. The summed E-state index contributed by atoms with van der Waals surface area (Å²) in [5, 5.41) is 13.5. The predicted molar refractivity (Wildman–Crippen MR) is 81.3 cm³/mol. The minimum atomic E-state index is 0.264. The van der Waals surface area contributed by atoms with E-state index < -0.39 is 0 Å². The van der Waals surface area contributed by atoms with Gasteiger partial charge in [-0.05, 0) is 38.9 Å². The number of piperidine rings is 1. The third kappa shape index (κ3) is 4.39. The number of rotatable bonds is 7. The molecule has 1 aromatic rings. The molecule has 4 nitrogen and oxygen atoms in total. The van der Waals surface area contributed by atoms with Crippen LogP contribution in [0.15, 0.2) is 18.2 Å². The SMILES string of the molecule is CCOc1cccc(CNCCN2CCCCC2)c1O. The van der Waals surface area contributed by atoms with Gasteiger partial charge in [-0.15, -0.1) is 0 Å². The molecule has 1 aromatic carbocycles. The molecule has 0 aliphatic carbocycles. The Labute approximate surface area is 121 Å². The molecule has 0 amide bonds. The smallest absolute Gasteiger partial charge is 0.162 e. The fourth-order valence-electron chi connectivity index (χ4n) is 2.63. The maximum absolute atomic E-state index is 10.1. The summed E-state index contributed by atoms with van der Waals surface area (Å²) in [6.07, 6.45) is 4.04. The number of phenols is 1. The second-order valence-corrected chi connectivity index (χ2v) is 5.28. The third-order valence-electron chi connectivity index (χ3n) is 3.75. The van der Waals surface area contributed by atoms with Gasteiger partial charge in [0, 0.05) is 25.2 Å². The number of para-hydroxylation sites is 1. The zero-order valence-electron chi connectivity index (χ0n) is 12.4. The summed E-state index contributed by atoms with van der Waals surface area (Å²) < 4.78 is 5.39. The van der Waals surface area contributed by atoms with Crippen LogP contribution in [0, 0.1) is 0 Å². The zero-order chi connectivity index (χ0) is 14.2. The lowest BCUT2D eigenvalue weighted by Crippen LogP contribution is -2.35. The molecule has 112 valence electrons. The number of ether oxygens (including phenoxy) is 1. The van der Waals surface area contributed by atoms with Gasteiger partial charge in [0.2, 0.25) is 0 Å². The Balaban J connectivity index is 1.74. The molecule has 0 aromatic heterocycles. The van der Waals surface area contributed by atoms with Crippen molar-refractivity contribution in [3.05, 3.63) is 23.8 Å². The van der Waals surface area contributed by atoms with Gasteiger partial charge in [-0.25, -0.2) is 0 Å². The highest BCUT2D eigenvalue weighted by molar-refractivity contribution is 5.45. The predicted octanol–water partition coefficient (Wildman–Crippen LogP) is 2.37. The Morgan fingerprint density at radius 2 is 2.05 bits per heavy atom. The molecule has 1 aliphatic rings. The number of likely N-dealkylation sites (tertiary alicyclic amines) is 1. The van der Waals surface area contributed by atoms with Gasteiger partial charge in [0.05, 0.1) is 6.61 Å². The second kappa shape index (κ2) is 8.12. The average molecular weight is 278 g/mol. The first kappa shape index (κ1) is 15.1. The van der Waals surface area contributed by atoms with Crippen molar-refractivity contribution in [2.45, 2.75) is 32.7 Å². The van der Waals surface area contributed by atoms with Crippen molar-refractivity contribution in [1.29, 1.82) is 0 Å². The van der Waals surface area contributed by atoms with Crippen LogP contribution in [0.3, 0.4) is 0 Å². The molecule has 2 N–H and O–H groups in total. The number of aromatic hydroxyl groups is 1. The topological polar surface area (TPSA) is 44.7 Å². The zero-order valence-corrected chi connectivity index (χ0v) is 12.4. The van der Waals surface area contributed by atoms with E-state index in [0.717, 1.165) is 18.7 Å². The molecular weight excluding hydrogens is 252 g/mol. The van der Waals surface area contributed by atoms with Crippen molar-refractivity contribution < 1.29 is 9.84 Å². The lowest BCUT2D eigenvalue weighted by atomic mass is 10.1. The first-order valence-corrected chi connectivity index (χ1v) is 7.68. The molecular formula is C16H26N2O2. The van der Waals surface area contributed by atoms with E-state index >= 15 is 0 Å². The van der Waals surface area contributed by atoms with E-state index in [1.165, 1.54) is 32.4 Å². The highest BCUT2D eigenvalue weighted by Gasteiger charge is 2.10. The highest BCUT2D eigenvalue weighted by atomic mass is 16.5. The molecule has 0 spiro atoms. The van der Waals surface area contributed by atoms with Crippen molar-refractivity contribution >= 4 is 0 Å². The monoisotopic (exact) mass is 278 g/mol. The molecule has 0 unspecified atom stereocenters. The number of hydrogen-bond acceptors (Lipinski definition) is 4. The Kier molecular flexibility index (Phi) is 6.15. The summed E-state index contributed by atoms with van der Waals surface area (Å²) in [5.74, 6) is 0.836. The minimum Gasteiger partial charge on any atom is -0.504 e. The Morgan fingerprint density at radius 1 is 1.25 bits per heavy atom. The van der Waals surface area contributed by atoms with Gasteiger partial charge >= 0.3 is 0 Å². The lowest BCUT2D eigenvalue weighted by Gasteiger charge is -2.26. The van der Waals surface area contributed by atoms with Crippen LogP contribution in [0.1, 0.15) is 31.7 Å². The normalized spacial score (nSPS) is 16.2. The second-order valence-electron chi connectivity index (χ2n) is 5.28. The van der Waals surface area contributed by atoms with E-state index in [-0.39, 0.29) is 5.75 Å². The van der Waals surface area contributed by atoms with Crippen molar-refractivity contribution in [3.63, 3.8) is 0 Å². The summed E-state index contributed by atoms with van der Waals surface area (Å²) in [6, 6.07) is 5.66. The van der Waals surface area contributed by atoms with E-state index in [2.05, 4.69) is 10.2 Å². The van der Waals surface area contributed by atoms with E-state index in [4.69, 9.17) is 4.74 Å². The van der Waals surface area contributed by atoms with Gasteiger partial charge in [-0.1, -0.05) is 18.6 Å². The highest BCUT2D eigenvalue weighted by Crippen LogP contribution is 2.29. The molecule has 1 aliphatic heterocycles. The van der Waals surface area contributed by atoms with Crippen molar-refractivity contribution in [1.82, 2.24) is 10.2 Å². The minimum absolute atomic E-state index is 0.264. The van der Waals surface area contributed by atoms with Crippen LogP contribution in [-0.4, -0.2) is 42.8 Å². The van der Waals surface area contributed by atoms with Crippen LogP contribution in [-0.2, 0) is 6.54 Å². The summed E-state index contributed by atoms with van der Waals surface area (Å²) >= 11 is 0. The number of hydrogen-bond donors (Lipinski definition) is 2. The molecule has 1 fully saturated rings. The number of nitrogens with one attached hydrogen (secondary N) is 1. The van der Waals surface area contributed by atoms with E-state index in [9.17, 15) is 5.11 Å². The van der Waals surface area contributed by atoms with Crippen LogP contribution >= 0.6 is 0 Å². The standard InChI is InChI=1S/C16H26N2O2/c1-2-20-15-8-6-7-14(16(15)19)13-17-9-12-18-10-4-3-5-11-18/h6-8,17,19H,2-5,9-13H2,1H3. The molecule has 0 atom stereocenters. The third-order valence-corrected chi connectivity index (χ3v) is 3.75. The number of nitrogens with zero attached hydrogens (tertiary/aromatic N) is 1. The first-order valence-electron chi connectivity index (χ1n) is 7.68. The van der Waals surface area contributed by atoms with Gasteiger partial charge in [-0.3, -0.25) is 0 Å². The van der Waals surface area contributed by atoms with Gasteiger partial charge < -0.3 is 20.1 Å². The van der Waals surface area contributed by atoms with Gasteiger partial charge in [-0.2, -0.15) is 0 Å². The van der Waals surface area contributed by atoms with E-state index in [1.807, 2.05) is 19.1 Å². The van der Waals surface area contributed by atoms with Crippen molar-refractivity contribution in [2.24, 2.45) is 0 Å². The quantitative estimate of drug-likeness (QED) is 0.752. The molecule has 1 heterocycles. The Bertz CT molecular complexity index is 403. The molecule has 0 radical (unpaired) electrons. The van der Waals surface area contributed by atoms with Gasteiger partial charge in [0.25, 0.3) is 0 Å². The lowest BCUT2D eigenvalue weighted by molar-refractivity contribution is 0.229. The molecule has 20 heavy (non-hydrogen) atoms.